The highest BCUT2D eigenvalue weighted by Crippen LogP contribution is 2.22. The van der Waals surface area contributed by atoms with Crippen molar-refractivity contribution in [2.75, 3.05) is 0 Å². The molecule has 0 bridgehead atoms. The summed E-state index contributed by atoms with van der Waals surface area (Å²) in [5.74, 6) is 0. The normalized spacial score (nSPS) is 11.3. The molecule has 0 spiro atoms. The van der Waals surface area contributed by atoms with Crippen LogP contribution in [-0.2, 0) is 9.52 Å². The van der Waals surface area contributed by atoms with Gasteiger partial charge in [0.15, 0.2) is 0 Å². The number of rotatable bonds is 2. The summed E-state index contributed by atoms with van der Waals surface area (Å²) >= 11 is 0. The van der Waals surface area contributed by atoms with E-state index in [0.29, 0.717) is 0 Å². The van der Waals surface area contributed by atoms with Crippen LogP contribution in [-0.4, -0.2) is 9.58 Å². The Bertz CT molecular complexity index is 591. The van der Waals surface area contributed by atoms with Crippen molar-refractivity contribution in [3.8, 4) is 0 Å². The summed E-state index contributed by atoms with van der Waals surface area (Å²) in [4.78, 5) is 1.75. The molecule has 0 aliphatic rings. The molecule has 0 radical (unpaired) electrons. The SMILES string of the molecule is CC=S(=O)(c1ccc(C)cc1)c1ccc(C)cc1. The maximum absolute atomic E-state index is 13.1. The van der Waals surface area contributed by atoms with Crippen LogP contribution in [0.5, 0.6) is 0 Å². The van der Waals surface area contributed by atoms with E-state index >= 15 is 0 Å². The lowest BCUT2D eigenvalue weighted by molar-refractivity contribution is 0.681. The lowest BCUT2D eigenvalue weighted by atomic mass is 10.2. The minimum atomic E-state index is -2.24. The predicted molar refractivity (Wildman–Crippen MR) is 78.8 cm³/mol. The van der Waals surface area contributed by atoms with Crippen LogP contribution in [0.15, 0.2) is 58.3 Å². The van der Waals surface area contributed by atoms with Gasteiger partial charge in [0.1, 0.15) is 0 Å². The lowest BCUT2D eigenvalue weighted by Gasteiger charge is -2.12. The molecule has 0 aliphatic heterocycles. The topological polar surface area (TPSA) is 17.1 Å². The van der Waals surface area contributed by atoms with Gasteiger partial charge in [0.25, 0.3) is 0 Å². The molecule has 0 atom stereocenters. The van der Waals surface area contributed by atoms with Gasteiger partial charge < -0.3 is 0 Å². The smallest absolute Gasteiger partial charge is 0.0353 e. The third kappa shape index (κ3) is 2.34. The fourth-order valence-corrected chi connectivity index (χ4v) is 3.79. The van der Waals surface area contributed by atoms with Gasteiger partial charge in [-0.1, -0.05) is 35.4 Å². The standard InChI is InChI=1S/C16H18OS/c1-4-18(17,15-9-5-13(2)6-10-15)16-11-7-14(3)8-12-16/h4-12H,1-3H3. The summed E-state index contributed by atoms with van der Waals surface area (Å²) in [6, 6.07) is 15.8. The fourth-order valence-electron chi connectivity index (χ4n) is 1.89. The van der Waals surface area contributed by atoms with Crippen molar-refractivity contribution >= 4 is 14.9 Å². The minimum absolute atomic E-state index is 0.874. The summed E-state index contributed by atoms with van der Waals surface area (Å²) in [5, 5.41) is 1.81. The van der Waals surface area contributed by atoms with E-state index in [9.17, 15) is 4.21 Å². The van der Waals surface area contributed by atoms with E-state index in [4.69, 9.17) is 0 Å². The third-order valence-corrected chi connectivity index (χ3v) is 5.68. The first-order chi connectivity index (χ1) is 8.56. The molecule has 2 aromatic rings. The van der Waals surface area contributed by atoms with E-state index in [1.807, 2.05) is 74.7 Å². The van der Waals surface area contributed by atoms with E-state index in [1.54, 1.807) is 0 Å². The van der Waals surface area contributed by atoms with Crippen LogP contribution < -0.4 is 0 Å². The number of aryl methyl sites for hydroxylation is 2. The lowest BCUT2D eigenvalue weighted by Crippen LogP contribution is -2.04. The van der Waals surface area contributed by atoms with Crippen LogP contribution in [0.3, 0.4) is 0 Å². The maximum Gasteiger partial charge on any atom is 0.0353 e. The first kappa shape index (κ1) is 12.9. The summed E-state index contributed by atoms with van der Waals surface area (Å²) in [6.45, 7) is 5.93. The van der Waals surface area contributed by atoms with Crippen LogP contribution in [0, 0.1) is 13.8 Å². The van der Waals surface area contributed by atoms with Crippen molar-refractivity contribution in [1.29, 1.82) is 0 Å². The maximum atomic E-state index is 13.1. The summed E-state index contributed by atoms with van der Waals surface area (Å²) in [5.41, 5.74) is 2.36. The molecule has 0 aromatic heterocycles. The van der Waals surface area contributed by atoms with Crippen molar-refractivity contribution in [3.63, 3.8) is 0 Å². The number of hydrogen-bond donors (Lipinski definition) is 0. The van der Waals surface area contributed by atoms with Crippen molar-refractivity contribution in [2.24, 2.45) is 0 Å². The molecule has 18 heavy (non-hydrogen) atoms. The molecule has 0 heterocycles. The quantitative estimate of drug-likeness (QED) is 0.748. The van der Waals surface area contributed by atoms with Gasteiger partial charge in [0, 0.05) is 19.3 Å². The number of hydrogen-bond acceptors (Lipinski definition) is 1. The molecule has 0 saturated carbocycles. The molecule has 0 aliphatic carbocycles. The predicted octanol–water partition coefficient (Wildman–Crippen LogP) is 3.83. The second kappa shape index (κ2) is 4.99. The highest BCUT2D eigenvalue weighted by molar-refractivity contribution is 8.01. The minimum Gasteiger partial charge on any atom is -0.258 e. The van der Waals surface area contributed by atoms with E-state index in [-0.39, 0.29) is 0 Å². The van der Waals surface area contributed by atoms with Crippen LogP contribution in [0.25, 0.3) is 0 Å². The third-order valence-electron chi connectivity index (χ3n) is 3.07. The Morgan fingerprint density at radius 2 is 1.11 bits per heavy atom. The van der Waals surface area contributed by atoms with Crippen LogP contribution in [0.2, 0.25) is 0 Å². The fraction of sp³-hybridized carbons (Fsp3) is 0.188. The highest BCUT2D eigenvalue weighted by atomic mass is 32.2. The first-order valence-corrected chi connectivity index (χ1v) is 7.65. The van der Waals surface area contributed by atoms with Gasteiger partial charge in [-0.15, -0.1) is 0 Å². The van der Waals surface area contributed by atoms with E-state index in [2.05, 4.69) is 0 Å². The average Bonchev–Trinajstić information content (AvgIpc) is 2.39. The van der Waals surface area contributed by atoms with E-state index in [0.717, 1.165) is 9.79 Å². The molecular weight excluding hydrogens is 240 g/mol. The van der Waals surface area contributed by atoms with Crippen molar-refractivity contribution in [3.05, 3.63) is 59.7 Å². The molecule has 2 heteroatoms. The zero-order valence-electron chi connectivity index (χ0n) is 11.0. The number of benzene rings is 2. The highest BCUT2D eigenvalue weighted by Gasteiger charge is 2.12. The van der Waals surface area contributed by atoms with Crippen LogP contribution >= 0.6 is 0 Å². The van der Waals surface area contributed by atoms with E-state index in [1.165, 1.54) is 11.1 Å². The van der Waals surface area contributed by atoms with Crippen LogP contribution in [0.4, 0.5) is 0 Å². The Hall–Kier alpha value is -1.54. The summed E-state index contributed by atoms with van der Waals surface area (Å²) in [7, 11) is -2.24. The molecule has 0 saturated heterocycles. The Kier molecular flexibility index (Phi) is 3.58. The Labute approximate surface area is 109 Å². The van der Waals surface area contributed by atoms with E-state index < -0.39 is 9.52 Å². The molecule has 2 rings (SSSR count). The van der Waals surface area contributed by atoms with Gasteiger partial charge in [0.05, 0.1) is 0 Å². The van der Waals surface area contributed by atoms with Gasteiger partial charge in [-0.05, 0) is 50.4 Å². The summed E-state index contributed by atoms with van der Waals surface area (Å²) < 4.78 is 13.1. The Balaban J connectivity index is 2.59. The second-order valence-electron chi connectivity index (χ2n) is 4.46. The largest absolute Gasteiger partial charge is 0.258 e. The molecule has 0 N–H and O–H groups in total. The van der Waals surface area contributed by atoms with Gasteiger partial charge in [0.2, 0.25) is 0 Å². The van der Waals surface area contributed by atoms with Crippen molar-refractivity contribution in [2.45, 2.75) is 30.6 Å². The van der Waals surface area contributed by atoms with Crippen molar-refractivity contribution in [1.82, 2.24) is 0 Å². The Morgan fingerprint density at radius 3 is 1.39 bits per heavy atom. The molecule has 94 valence electrons. The molecule has 0 amide bonds. The molecule has 1 nitrogen and oxygen atoms in total. The molecule has 0 unspecified atom stereocenters. The van der Waals surface area contributed by atoms with Gasteiger partial charge >= 0.3 is 0 Å². The summed E-state index contributed by atoms with van der Waals surface area (Å²) in [6.07, 6.45) is 0. The zero-order valence-corrected chi connectivity index (χ0v) is 11.8. The van der Waals surface area contributed by atoms with Gasteiger partial charge in [-0.25, -0.2) is 0 Å². The van der Waals surface area contributed by atoms with Gasteiger partial charge in [-0.3, -0.25) is 4.21 Å². The second-order valence-corrected chi connectivity index (χ2v) is 7.08. The van der Waals surface area contributed by atoms with Gasteiger partial charge in [-0.2, -0.15) is 0 Å². The molecular formula is C16H18OS. The zero-order chi connectivity index (χ0) is 13.2. The van der Waals surface area contributed by atoms with Crippen LogP contribution in [0.1, 0.15) is 18.1 Å². The van der Waals surface area contributed by atoms with Crippen molar-refractivity contribution < 1.29 is 4.21 Å². The monoisotopic (exact) mass is 258 g/mol. The first-order valence-electron chi connectivity index (χ1n) is 6.03. The average molecular weight is 258 g/mol. The molecule has 2 aromatic carbocycles. The molecule has 0 fully saturated rings. The Morgan fingerprint density at radius 1 is 0.778 bits per heavy atom.